The standard InChI is InChI=1S/C16H17N7O6S2/c1-30(25,26)23-10-4-2-3-9(7-10)18-15-20-14(17)21-16(22-15)19-12-8-11(24)5-6-13(12)31(27,28)29/h2-8,23-24H,1H3,(H,27,28,29)(H4,17,18,19,20,21,22). The molecule has 2 aromatic carbocycles. The third kappa shape index (κ3) is 6.14. The number of nitrogens with one attached hydrogen (secondary N) is 3. The predicted molar refractivity (Wildman–Crippen MR) is 114 cm³/mol. The summed E-state index contributed by atoms with van der Waals surface area (Å²) >= 11 is 0. The normalized spacial score (nSPS) is 11.7. The van der Waals surface area contributed by atoms with Crippen molar-refractivity contribution in [2.45, 2.75) is 4.90 Å². The van der Waals surface area contributed by atoms with Crippen molar-refractivity contribution in [2.24, 2.45) is 0 Å². The highest BCUT2D eigenvalue weighted by molar-refractivity contribution is 7.92. The summed E-state index contributed by atoms with van der Waals surface area (Å²) in [5.41, 5.74) is 6.20. The van der Waals surface area contributed by atoms with Crippen LogP contribution in [0.25, 0.3) is 0 Å². The van der Waals surface area contributed by atoms with Crippen LogP contribution < -0.4 is 21.1 Å². The van der Waals surface area contributed by atoms with Crippen molar-refractivity contribution in [1.29, 1.82) is 0 Å². The zero-order valence-corrected chi connectivity index (χ0v) is 17.4. The highest BCUT2D eigenvalue weighted by Crippen LogP contribution is 2.28. The van der Waals surface area contributed by atoms with Gasteiger partial charge < -0.3 is 21.5 Å². The van der Waals surface area contributed by atoms with Crippen molar-refractivity contribution < 1.29 is 26.5 Å². The summed E-state index contributed by atoms with van der Waals surface area (Å²) in [5, 5.41) is 15.0. The van der Waals surface area contributed by atoms with E-state index in [4.69, 9.17) is 5.73 Å². The Morgan fingerprint density at radius 1 is 0.903 bits per heavy atom. The van der Waals surface area contributed by atoms with E-state index in [-0.39, 0.29) is 29.3 Å². The van der Waals surface area contributed by atoms with Crippen molar-refractivity contribution in [3.8, 4) is 5.75 Å². The number of anilines is 6. The summed E-state index contributed by atoms with van der Waals surface area (Å²) in [6.45, 7) is 0. The smallest absolute Gasteiger partial charge is 0.296 e. The fourth-order valence-corrected chi connectivity index (χ4v) is 3.65. The molecule has 0 saturated carbocycles. The molecule has 3 aromatic rings. The predicted octanol–water partition coefficient (Wildman–Crippen LogP) is 1.26. The Kier molecular flexibility index (Phi) is 5.83. The molecular formula is C16H17N7O6S2. The fraction of sp³-hybridized carbons (Fsp3) is 0.0625. The maximum atomic E-state index is 11.6. The number of sulfonamides is 1. The van der Waals surface area contributed by atoms with Crippen LogP contribution in [0.5, 0.6) is 5.75 Å². The minimum absolute atomic E-state index is 0.0416. The molecule has 0 radical (unpaired) electrons. The molecule has 1 aromatic heterocycles. The Morgan fingerprint density at radius 2 is 1.55 bits per heavy atom. The Bertz CT molecular complexity index is 1350. The molecule has 0 bridgehead atoms. The van der Waals surface area contributed by atoms with Crippen LogP contribution in [0.2, 0.25) is 0 Å². The second kappa shape index (κ2) is 8.21. The number of benzene rings is 2. The van der Waals surface area contributed by atoms with Gasteiger partial charge in [-0.05, 0) is 30.3 Å². The van der Waals surface area contributed by atoms with Crippen LogP contribution in [0.3, 0.4) is 0 Å². The first-order chi connectivity index (χ1) is 14.4. The van der Waals surface area contributed by atoms with Gasteiger partial charge in [0.1, 0.15) is 10.6 Å². The number of hydrogen-bond acceptors (Lipinski definition) is 11. The maximum Gasteiger partial charge on any atom is 0.296 e. The molecule has 0 amide bonds. The van der Waals surface area contributed by atoms with E-state index in [1.54, 1.807) is 18.2 Å². The molecule has 3 rings (SSSR count). The van der Waals surface area contributed by atoms with Gasteiger partial charge in [-0.2, -0.15) is 23.4 Å². The number of nitrogen functional groups attached to an aromatic ring is 1. The molecule has 0 aliphatic rings. The third-order valence-electron chi connectivity index (χ3n) is 3.56. The highest BCUT2D eigenvalue weighted by atomic mass is 32.2. The SMILES string of the molecule is CS(=O)(=O)Nc1cccc(Nc2nc(N)nc(Nc3cc(O)ccc3S(=O)(=O)O)n2)c1. The number of aromatic hydroxyl groups is 1. The first-order valence-corrected chi connectivity index (χ1v) is 11.7. The van der Waals surface area contributed by atoms with E-state index >= 15 is 0 Å². The Hall–Kier alpha value is -3.69. The minimum atomic E-state index is -4.61. The number of hydrogen-bond donors (Lipinski definition) is 6. The lowest BCUT2D eigenvalue weighted by atomic mass is 10.3. The summed E-state index contributed by atoms with van der Waals surface area (Å²) in [6, 6.07) is 9.37. The van der Waals surface area contributed by atoms with Crippen molar-refractivity contribution in [3.63, 3.8) is 0 Å². The molecule has 7 N–H and O–H groups in total. The van der Waals surface area contributed by atoms with Crippen molar-refractivity contribution in [3.05, 3.63) is 42.5 Å². The first-order valence-electron chi connectivity index (χ1n) is 8.33. The number of phenolic OH excluding ortho intramolecular Hbond substituents is 1. The van der Waals surface area contributed by atoms with Gasteiger partial charge in [-0.25, -0.2) is 8.42 Å². The molecule has 0 atom stereocenters. The van der Waals surface area contributed by atoms with E-state index in [0.29, 0.717) is 11.4 Å². The van der Waals surface area contributed by atoms with Gasteiger partial charge in [0.05, 0.1) is 17.6 Å². The molecule has 1 heterocycles. The number of nitrogens with two attached hydrogens (primary N) is 1. The topological polar surface area (TPSA) is 210 Å². The Labute approximate surface area is 177 Å². The Morgan fingerprint density at radius 3 is 2.19 bits per heavy atom. The van der Waals surface area contributed by atoms with Gasteiger partial charge in [0, 0.05) is 11.8 Å². The molecule has 13 nitrogen and oxygen atoms in total. The van der Waals surface area contributed by atoms with Gasteiger partial charge >= 0.3 is 0 Å². The second-order valence-corrected chi connectivity index (χ2v) is 9.34. The molecule has 15 heteroatoms. The molecule has 0 aliphatic heterocycles. The largest absolute Gasteiger partial charge is 0.508 e. The van der Waals surface area contributed by atoms with Gasteiger partial charge in [0.25, 0.3) is 10.1 Å². The van der Waals surface area contributed by atoms with Crippen LogP contribution in [-0.4, -0.2) is 47.7 Å². The molecule has 0 fully saturated rings. The minimum Gasteiger partial charge on any atom is -0.508 e. The van der Waals surface area contributed by atoms with E-state index in [1.807, 2.05) is 0 Å². The van der Waals surface area contributed by atoms with E-state index in [2.05, 4.69) is 30.3 Å². The highest BCUT2D eigenvalue weighted by Gasteiger charge is 2.17. The van der Waals surface area contributed by atoms with Crippen LogP contribution in [0.1, 0.15) is 0 Å². The summed E-state index contributed by atoms with van der Waals surface area (Å²) in [5.74, 6) is -0.722. The lowest BCUT2D eigenvalue weighted by Gasteiger charge is -2.12. The summed E-state index contributed by atoms with van der Waals surface area (Å²) < 4.78 is 57.6. The molecular weight excluding hydrogens is 450 g/mol. The average molecular weight is 467 g/mol. The molecule has 0 unspecified atom stereocenters. The van der Waals surface area contributed by atoms with Gasteiger partial charge in [-0.3, -0.25) is 9.27 Å². The fourth-order valence-electron chi connectivity index (χ4n) is 2.47. The monoisotopic (exact) mass is 467 g/mol. The Balaban J connectivity index is 1.91. The maximum absolute atomic E-state index is 11.6. The number of phenols is 1. The number of rotatable bonds is 7. The number of aromatic nitrogens is 3. The van der Waals surface area contributed by atoms with Crippen LogP contribution in [0.15, 0.2) is 47.4 Å². The summed E-state index contributed by atoms with van der Waals surface area (Å²) in [6.07, 6.45) is 1.01. The van der Waals surface area contributed by atoms with Gasteiger partial charge in [0.15, 0.2) is 0 Å². The van der Waals surface area contributed by atoms with E-state index in [1.165, 1.54) is 6.07 Å². The molecule has 31 heavy (non-hydrogen) atoms. The van der Waals surface area contributed by atoms with Gasteiger partial charge in [0.2, 0.25) is 27.9 Å². The van der Waals surface area contributed by atoms with Crippen molar-refractivity contribution in [2.75, 3.05) is 27.3 Å². The zero-order valence-electron chi connectivity index (χ0n) is 15.8. The van der Waals surface area contributed by atoms with Crippen LogP contribution >= 0.6 is 0 Å². The summed E-state index contributed by atoms with van der Waals surface area (Å²) in [7, 11) is -8.08. The van der Waals surface area contributed by atoms with Gasteiger partial charge in [-0.1, -0.05) is 6.07 Å². The van der Waals surface area contributed by atoms with Crippen molar-refractivity contribution in [1.82, 2.24) is 15.0 Å². The average Bonchev–Trinajstić information content (AvgIpc) is 2.59. The molecule has 0 saturated heterocycles. The lowest BCUT2D eigenvalue weighted by Crippen LogP contribution is -2.10. The van der Waals surface area contributed by atoms with Crippen molar-refractivity contribution >= 4 is 55.0 Å². The van der Waals surface area contributed by atoms with E-state index in [9.17, 15) is 26.5 Å². The van der Waals surface area contributed by atoms with Crippen LogP contribution in [0, 0.1) is 0 Å². The van der Waals surface area contributed by atoms with Crippen LogP contribution in [0.4, 0.5) is 34.9 Å². The van der Waals surface area contributed by atoms with E-state index < -0.39 is 25.0 Å². The first kappa shape index (κ1) is 22.0. The lowest BCUT2D eigenvalue weighted by molar-refractivity contribution is 0.473. The van der Waals surface area contributed by atoms with Gasteiger partial charge in [-0.15, -0.1) is 0 Å². The molecule has 164 valence electrons. The van der Waals surface area contributed by atoms with Crippen LogP contribution in [-0.2, 0) is 20.1 Å². The van der Waals surface area contributed by atoms with E-state index in [0.717, 1.165) is 24.5 Å². The molecule has 0 spiro atoms. The quantitative estimate of drug-likeness (QED) is 0.271. The second-order valence-electron chi connectivity index (χ2n) is 6.20. The third-order valence-corrected chi connectivity index (χ3v) is 5.08. The summed E-state index contributed by atoms with van der Waals surface area (Å²) in [4.78, 5) is 11.3. The molecule has 0 aliphatic carbocycles. The number of nitrogens with zero attached hydrogens (tertiary/aromatic N) is 3. The zero-order chi connectivity index (χ0) is 22.8.